The van der Waals surface area contributed by atoms with Crippen LogP contribution in [0.15, 0.2) is 42.5 Å². The first-order valence-corrected chi connectivity index (χ1v) is 5.59. The average Bonchev–Trinajstić information content (AvgIpc) is 2.28. The molecule has 0 radical (unpaired) electrons. The first-order chi connectivity index (χ1) is 7.72. The van der Waals surface area contributed by atoms with Crippen molar-refractivity contribution in [2.45, 2.75) is 32.8 Å². The highest BCUT2D eigenvalue weighted by molar-refractivity contribution is 5.81. The van der Waals surface area contributed by atoms with Crippen LogP contribution in [-0.4, -0.2) is 12.1 Å². The van der Waals surface area contributed by atoms with E-state index in [9.17, 15) is 4.79 Å². The minimum atomic E-state index is -0.261. The number of hydrogen-bond acceptors (Lipinski definition) is 2. The Bertz CT molecular complexity index is 341. The van der Waals surface area contributed by atoms with E-state index in [0.717, 1.165) is 12.8 Å². The molecule has 1 rings (SSSR count). The monoisotopic (exact) mass is 218 g/mol. The van der Waals surface area contributed by atoms with Crippen molar-refractivity contribution >= 4 is 5.97 Å². The van der Waals surface area contributed by atoms with E-state index >= 15 is 0 Å². The Morgan fingerprint density at radius 1 is 1.38 bits per heavy atom. The fraction of sp³-hybridized carbons (Fsp3) is 0.357. The molecule has 2 nitrogen and oxygen atoms in total. The first-order valence-electron chi connectivity index (χ1n) is 5.59. The maximum Gasteiger partial charge on any atom is 0.330 e. The Kier molecular flexibility index (Phi) is 5.34. The lowest BCUT2D eigenvalue weighted by atomic mass is 10.1. The van der Waals surface area contributed by atoms with E-state index in [1.807, 2.05) is 25.1 Å². The van der Waals surface area contributed by atoms with Crippen LogP contribution in [-0.2, 0) is 16.0 Å². The fourth-order valence-electron chi connectivity index (χ4n) is 1.45. The normalized spacial score (nSPS) is 12.6. The highest BCUT2D eigenvalue weighted by Gasteiger charge is 2.06. The summed E-state index contributed by atoms with van der Waals surface area (Å²) in [5, 5.41) is 0. The first kappa shape index (κ1) is 12.5. The second-order valence-corrected chi connectivity index (χ2v) is 3.77. The zero-order valence-corrected chi connectivity index (χ0v) is 9.85. The molecule has 0 aliphatic carbocycles. The van der Waals surface area contributed by atoms with E-state index in [4.69, 9.17) is 4.74 Å². The molecule has 0 aromatic heterocycles. The van der Waals surface area contributed by atoms with Crippen molar-refractivity contribution in [3.05, 3.63) is 48.0 Å². The van der Waals surface area contributed by atoms with E-state index in [0.29, 0.717) is 0 Å². The summed E-state index contributed by atoms with van der Waals surface area (Å²) in [6.45, 7) is 3.72. The number of ether oxygens (including phenoxy) is 1. The largest absolute Gasteiger partial charge is 0.460 e. The molecule has 0 amide bonds. The summed E-state index contributed by atoms with van der Waals surface area (Å²) < 4.78 is 5.19. The third-order valence-electron chi connectivity index (χ3n) is 2.30. The minimum absolute atomic E-state index is 0.0380. The molecular weight excluding hydrogens is 200 g/mol. The number of esters is 1. The maximum absolute atomic E-state index is 11.2. The van der Waals surface area contributed by atoms with Gasteiger partial charge in [-0.1, -0.05) is 36.4 Å². The molecule has 1 atom stereocenters. The molecule has 0 saturated heterocycles. The predicted octanol–water partition coefficient (Wildman–Crippen LogP) is 3.13. The number of rotatable bonds is 5. The van der Waals surface area contributed by atoms with E-state index in [-0.39, 0.29) is 12.1 Å². The quantitative estimate of drug-likeness (QED) is 0.560. The van der Waals surface area contributed by atoms with Gasteiger partial charge in [-0.3, -0.25) is 0 Å². The van der Waals surface area contributed by atoms with Gasteiger partial charge in [-0.15, -0.1) is 0 Å². The maximum atomic E-state index is 11.2. The van der Waals surface area contributed by atoms with Crippen molar-refractivity contribution in [1.82, 2.24) is 0 Å². The Balaban J connectivity index is 2.30. The van der Waals surface area contributed by atoms with E-state index in [1.165, 1.54) is 11.6 Å². The second kappa shape index (κ2) is 6.83. The molecule has 0 N–H and O–H groups in total. The molecule has 86 valence electrons. The van der Waals surface area contributed by atoms with Gasteiger partial charge in [0.15, 0.2) is 0 Å². The third kappa shape index (κ3) is 4.78. The Morgan fingerprint density at radius 2 is 2.06 bits per heavy atom. The summed E-state index contributed by atoms with van der Waals surface area (Å²) in [6.07, 6.45) is 4.88. The van der Waals surface area contributed by atoms with Crippen molar-refractivity contribution in [3.63, 3.8) is 0 Å². The zero-order chi connectivity index (χ0) is 11.8. The SMILES string of the molecule is C/C=C/C(=O)OC(C)CCc1ccccc1. The van der Waals surface area contributed by atoms with Crippen LogP contribution in [0.2, 0.25) is 0 Å². The number of hydrogen-bond donors (Lipinski definition) is 0. The Morgan fingerprint density at radius 3 is 2.69 bits per heavy atom. The molecule has 0 heterocycles. The summed E-state index contributed by atoms with van der Waals surface area (Å²) in [4.78, 5) is 11.2. The number of aryl methyl sites for hydroxylation is 1. The predicted molar refractivity (Wildman–Crippen MR) is 65.1 cm³/mol. The molecule has 0 saturated carbocycles. The lowest BCUT2D eigenvalue weighted by molar-refractivity contribution is -0.142. The molecule has 0 bridgehead atoms. The van der Waals surface area contributed by atoms with Crippen LogP contribution >= 0.6 is 0 Å². The van der Waals surface area contributed by atoms with Crippen molar-refractivity contribution in [2.75, 3.05) is 0 Å². The second-order valence-electron chi connectivity index (χ2n) is 3.77. The number of allylic oxidation sites excluding steroid dienone is 1. The summed E-state index contributed by atoms with van der Waals surface area (Å²) in [7, 11) is 0. The van der Waals surface area contributed by atoms with Crippen LogP contribution < -0.4 is 0 Å². The molecule has 2 heteroatoms. The van der Waals surface area contributed by atoms with Crippen molar-refractivity contribution in [2.24, 2.45) is 0 Å². The third-order valence-corrected chi connectivity index (χ3v) is 2.30. The number of carbonyl (C=O) groups is 1. The smallest absolute Gasteiger partial charge is 0.330 e. The van der Waals surface area contributed by atoms with Gasteiger partial charge in [0, 0.05) is 6.08 Å². The lowest BCUT2D eigenvalue weighted by Crippen LogP contribution is -2.13. The van der Waals surface area contributed by atoms with Gasteiger partial charge in [0.25, 0.3) is 0 Å². The van der Waals surface area contributed by atoms with Gasteiger partial charge in [-0.05, 0) is 32.3 Å². The molecule has 0 aliphatic rings. The molecule has 0 spiro atoms. The van der Waals surface area contributed by atoms with Gasteiger partial charge in [-0.25, -0.2) is 4.79 Å². The number of benzene rings is 1. The van der Waals surface area contributed by atoms with Crippen molar-refractivity contribution in [1.29, 1.82) is 0 Å². The van der Waals surface area contributed by atoms with Crippen LogP contribution in [0.3, 0.4) is 0 Å². The van der Waals surface area contributed by atoms with Gasteiger partial charge in [0.1, 0.15) is 0 Å². The average molecular weight is 218 g/mol. The van der Waals surface area contributed by atoms with Gasteiger partial charge >= 0.3 is 5.97 Å². The van der Waals surface area contributed by atoms with Crippen LogP contribution in [0.4, 0.5) is 0 Å². The topological polar surface area (TPSA) is 26.3 Å². The Hall–Kier alpha value is -1.57. The molecular formula is C14H18O2. The van der Waals surface area contributed by atoms with Gasteiger partial charge < -0.3 is 4.74 Å². The van der Waals surface area contributed by atoms with Gasteiger partial charge in [0.05, 0.1) is 6.10 Å². The van der Waals surface area contributed by atoms with E-state index < -0.39 is 0 Å². The van der Waals surface area contributed by atoms with Gasteiger partial charge in [-0.2, -0.15) is 0 Å². The van der Waals surface area contributed by atoms with Crippen LogP contribution in [0.1, 0.15) is 25.8 Å². The molecule has 1 unspecified atom stereocenters. The standard InChI is InChI=1S/C14H18O2/c1-3-7-14(15)16-12(2)10-11-13-8-5-4-6-9-13/h3-9,12H,10-11H2,1-2H3/b7-3+. The minimum Gasteiger partial charge on any atom is -0.460 e. The lowest BCUT2D eigenvalue weighted by Gasteiger charge is -2.11. The molecule has 16 heavy (non-hydrogen) atoms. The van der Waals surface area contributed by atoms with Crippen molar-refractivity contribution < 1.29 is 9.53 Å². The summed E-state index contributed by atoms with van der Waals surface area (Å²) in [5.41, 5.74) is 1.27. The van der Waals surface area contributed by atoms with Crippen LogP contribution in [0, 0.1) is 0 Å². The summed E-state index contributed by atoms with van der Waals surface area (Å²) in [6, 6.07) is 10.2. The zero-order valence-electron chi connectivity index (χ0n) is 9.85. The van der Waals surface area contributed by atoms with E-state index in [2.05, 4.69) is 12.1 Å². The van der Waals surface area contributed by atoms with E-state index in [1.54, 1.807) is 13.0 Å². The Labute approximate surface area is 96.9 Å². The fourth-order valence-corrected chi connectivity index (χ4v) is 1.45. The van der Waals surface area contributed by atoms with Gasteiger partial charge in [0.2, 0.25) is 0 Å². The highest BCUT2D eigenvalue weighted by Crippen LogP contribution is 2.07. The molecule has 1 aromatic carbocycles. The molecule has 0 aliphatic heterocycles. The summed E-state index contributed by atoms with van der Waals surface area (Å²) in [5.74, 6) is -0.261. The van der Waals surface area contributed by atoms with Crippen LogP contribution in [0.25, 0.3) is 0 Å². The summed E-state index contributed by atoms with van der Waals surface area (Å²) >= 11 is 0. The molecule has 0 fully saturated rings. The van der Waals surface area contributed by atoms with Crippen molar-refractivity contribution in [3.8, 4) is 0 Å². The van der Waals surface area contributed by atoms with Crippen LogP contribution in [0.5, 0.6) is 0 Å². The molecule has 1 aromatic rings. The highest BCUT2D eigenvalue weighted by atomic mass is 16.5. The number of carbonyl (C=O) groups excluding carboxylic acids is 1.